The fourth-order valence-corrected chi connectivity index (χ4v) is 7.89. The minimum Gasteiger partial charge on any atom is -0.508 e. The Bertz CT molecular complexity index is 1950. The van der Waals surface area contributed by atoms with Crippen LogP contribution in [0.15, 0.2) is 36.8 Å². The summed E-state index contributed by atoms with van der Waals surface area (Å²) in [6.45, 7) is 1.61. The van der Waals surface area contributed by atoms with Crippen molar-refractivity contribution in [2.45, 2.75) is 121 Å². The third-order valence-corrected chi connectivity index (χ3v) is 11.9. The molecular weight excluding hydrogens is 939 g/mol. The number of nitrogens with zero attached hydrogens (tertiary/aromatic N) is 4. The van der Waals surface area contributed by atoms with Gasteiger partial charge in [0.25, 0.3) is 0 Å². The van der Waals surface area contributed by atoms with E-state index in [-0.39, 0.29) is 120 Å². The standard InChI is InChI=1S/C46H79N15O9S/c1-31(62)41(49)45(70)56-23-25-60(40(66)17-27-71)36(9-7-20-57-46(51)52)43(68)54-22-26-61(38(64)10-3-2-5-18-47)37(28-33-29-53-30-58-33)44(69)55-21-24-59(35(42(50)67)8-4-6-19-48)39(65)16-13-32-11-14-34(63)15-12-32/h11-12,14-15,29-31,35-37,41,62-63,71H,2-10,13,16-28,47-49H2,1H3,(H2,50,67)(H,53,58)(H,54,68)(H,55,69)(H,56,70)(H4,51,52,57). The van der Waals surface area contributed by atoms with Crippen LogP contribution in [0.5, 0.6) is 5.75 Å². The first kappa shape index (κ1) is 61.1. The lowest BCUT2D eigenvalue weighted by molar-refractivity contribution is -0.142. The number of H-pyrrole nitrogens is 1. The number of aryl methyl sites for hydroxylation is 1. The largest absolute Gasteiger partial charge is 0.508 e. The summed E-state index contributed by atoms with van der Waals surface area (Å²) >= 11 is 4.21. The summed E-state index contributed by atoms with van der Waals surface area (Å²) < 4.78 is 0. The molecule has 0 bridgehead atoms. The van der Waals surface area contributed by atoms with Crippen molar-refractivity contribution in [2.75, 3.05) is 64.7 Å². The van der Waals surface area contributed by atoms with Crippen LogP contribution in [0, 0.1) is 5.41 Å². The monoisotopic (exact) mass is 1020 g/mol. The number of rotatable bonds is 37. The number of primary amides is 1. The quantitative estimate of drug-likeness (QED) is 0.0146. The number of aliphatic hydroxyl groups excluding tert-OH is 1. The third kappa shape index (κ3) is 23.2. The van der Waals surface area contributed by atoms with Gasteiger partial charge in [-0.1, -0.05) is 18.6 Å². The maximum Gasteiger partial charge on any atom is 0.243 e. The molecule has 71 heavy (non-hydrogen) atoms. The van der Waals surface area contributed by atoms with Crippen molar-refractivity contribution in [3.8, 4) is 5.75 Å². The molecule has 2 rings (SSSR count). The van der Waals surface area contributed by atoms with Crippen molar-refractivity contribution in [1.29, 1.82) is 5.41 Å². The van der Waals surface area contributed by atoms with Crippen LogP contribution in [0.1, 0.15) is 88.8 Å². The van der Waals surface area contributed by atoms with E-state index in [1.807, 2.05) is 0 Å². The van der Waals surface area contributed by atoms with Gasteiger partial charge >= 0.3 is 0 Å². The maximum absolute atomic E-state index is 14.4. The number of guanidine groups is 1. The van der Waals surface area contributed by atoms with Gasteiger partial charge in [-0.2, -0.15) is 12.6 Å². The van der Waals surface area contributed by atoms with E-state index in [0.717, 1.165) is 5.56 Å². The zero-order valence-electron chi connectivity index (χ0n) is 41.0. The summed E-state index contributed by atoms with van der Waals surface area (Å²) in [6, 6.07) is 1.91. The summed E-state index contributed by atoms with van der Waals surface area (Å²) in [5, 5.41) is 38.0. The molecule has 1 aromatic carbocycles. The molecule has 2 aromatic rings. The van der Waals surface area contributed by atoms with Crippen LogP contribution in [-0.2, 0) is 46.4 Å². The Balaban J connectivity index is 2.45. The Morgan fingerprint density at radius 3 is 1.79 bits per heavy atom. The number of carbonyl (C=O) groups excluding carboxylic acids is 7. The highest BCUT2D eigenvalue weighted by Crippen LogP contribution is 2.17. The second-order valence-electron chi connectivity index (χ2n) is 17.1. The molecule has 0 saturated carbocycles. The predicted molar refractivity (Wildman–Crippen MR) is 271 cm³/mol. The SMILES string of the molecule is CC(O)C(N)C(=O)NCCN(C(=O)CCS)C(CCCNC(=N)N)C(=O)NCCN(C(=O)CCCCCN)C(Cc1cnc[nH]1)C(=O)NCCN(C(=O)CCc1ccc(O)cc1)C(CCCCN)C(N)=O. The van der Waals surface area contributed by atoms with Crippen LogP contribution >= 0.6 is 12.6 Å². The first-order valence-electron chi connectivity index (χ1n) is 24.2. The van der Waals surface area contributed by atoms with Crippen molar-refractivity contribution < 1.29 is 43.8 Å². The van der Waals surface area contributed by atoms with E-state index in [1.54, 1.807) is 12.1 Å². The van der Waals surface area contributed by atoms with Crippen molar-refractivity contribution in [3.05, 3.63) is 48.0 Å². The normalized spacial score (nSPS) is 13.2. The molecule has 0 aliphatic carbocycles. The number of nitrogens with one attached hydrogen (secondary N) is 6. The lowest BCUT2D eigenvalue weighted by Crippen LogP contribution is -2.56. The number of amides is 7. The van der Waals surface area contributed by atoms with Crippen LogP contribution in [-0.4, -0.2) is 177 Å². The number of thiol groups is 1. The van der Waals surface area contributed by atoms with E-state index in [9.17, 15) is 43.8 Å². The molecule has 7 amide bonds. The average Bonchev–Trinajstić information content (AvgIpc) is 3.86. The Kier molecular flexibility index (Phi) is 29.5. The number of benzene rings is 1. The lowest BCUT2D eigenvalue weighted by atomic mass is 10.0. The highest BCUT2D eigenvalue weighted by Gasteiger charge is 2.34. The van der Waals surface area contributed by atoms with Gasteiger partial charge in [0.15, 0.2) is 5.96 Å². The van der Waals surface area contributed by atoms with E-state index >= 15 is 0 Å². The highest BCUT2D eigenvalue weighted by atomic mass is 32.1. The molecule has 25 heteroatoms. The summed E-state index contributed by atoms with van der Waals surface area (Å²) in [7, 11) is 0. The molecule has 0 aliphatic heterocycles. The van der Waals surface area contributed by atoms with E-state index in [0.29, 0.717) is 57.3 Å². The number of aliphatic hydroxyl groups is 1. The first-order chi connectivity index (χ1) is 33.9. The van der Waals surface area contributed by atoms with Gasteiger partial charge < -0.3 is 79.8 Å². The number of aromatic hydroxyl groups is 1. The lowest BCUT2D eigenvalue weighted by Gasteiger charge is -2.34. The Morgan fingerprint density at radius 1 is 0.704 bits per heavy atom. The topological polar surface area (TPSA) is 400 Å². The number of hydrogen-bond donors (Lipinski definition) is 14. The molecule has 0 spiro atoms. The van der Waals surface area contributed by atoms with Gasteiger partial charge in [0.2, 0.25) is 41.4 Å². The Hall–Kier alpha value is -6.02. The van der Waals surface area contributed by atoms with Crippen LogP contribution in [0.3, 0.4) is 0 Å². The number of hydrogen-bond acceptors (Lipinski definition) is 15. The van der Waals surface area contributed by atoms with Gasteiger partial charge in [-0.15, -0.1) is 0 Å². The van der Waals surface area contributed by atoms with Gasteiger partial charge in [-0.25, -0.2) is 4.98 Å². The molecule has 5 unspecified atom stereocenters. The molecular formula is C46H79N15O9S. The third-order valence-electron chi connectivity index (χ3n) is 11.7. The van der Waals surface area contributed by atoms with E-state index < -0.39 is 59.8 Å². The molecule has 0 radical (unpaired) electrons. The van der Waals surface area contributed by atoms with Gasteiger partial charge in [0.05, 0.1) is 12.4 Å². The number of carbonyl (C=O) groups is 7. The van der Waals surface area contributed by atoms with Gasteiger partial charge in [0.1, 0.15) is 29.9 Å². The molecule has 0 saturated heterocycles. The molecule has 0 fully saturated rings. The summed E-state index contributed by atoms with van der Waals surface area (Å²) in [5.74, 6) is -3.81. The van der Waals surface area contributed by atoms with E-state index in [2.05, 4.69) is 43.9 Å². The second-order valence-corrected chi connectivity index (χ2v) is 17.6. The fraction of sp³-hybridized carbons (Fsp3) is 0.630. The first-order valence-corrected chi connectivity index (χ1v) is 24.9. The summed E-state index contributed by atoms with van der Waals surface area (Å²) in [6.07, 6.45) is 5.64. The molecule has 0 aliphatic rings. The zero-order chi connectivity index (χ0) is 52.7. The van der Waals surface area contributed by atoms with Crippen LogP contribution in [0.2, 0.25) is 0 Å². The minimum absolute atomic E-state index is 0.00645. The summed E-state index contributed by atoms with van der Waals surface area (Å²) in [5.41, 5.74) is 29.9. The van der Waals surface area contributed by atoms with E-state index in [4.69, 9.17) is 34.1 Å². The van der Waals surface area contributed by atoms with Gasteiger partial charge in [0, 0.05) is 83.4 Å². The van der Waals surface area contributed by atoms with Crippen LogP contribution < -0.4 is 49.9 Å². The minimum atomic E-state index is -1.23. The number of aromatic nitrogens is 2. The number of aromatic amines is 1. The molecule has 1 aromatic heterocycles. The van der Waals surface area contributed by atoms with Crippen LogP contribution in [0.4, 0.5) is 0 Å². The zero-order valence-corrected chi connectivity index (χ0v) is 41.9. The van der Waals surface area contributed by atoms with Crippen molar-refractivity contribution in [1.82, 2.24) is 45.9 Å². The molecule has 24 nitrogen and oxygen atoms in total. The maximum atomic E-state index is 14.4. The van der Waals surface area contributed by atoms with E-state index in [1.165, 1.54) is 46.3 Å². The van der Waals surface area contributed by atoms with Gasteiger partial charge in [-0.05, 0) is 94.8 Å². The number of imidazole rings is 1. The molecule has 5 atom stereocenters. The number of phenolic OH excluding ortho intramolecular Hbond substituents is 1. The Morgan fingerprint density at radius 2 is 1.24 bits per heavy atom. The van der Waals surface area contributed by atoms with Gasteiger partial charge in [-0.3, -0.25) is 39.0 Å². The van der Waals surface area contributed by atoms with Crippen molar-refractivity contribution >= 4 is 59.9 Å². The molecule has 1 heterocycles. The predicted octanol–water partition coefficient (Wildman–Crippen LogP) is -2.34. The number of nitrogens with two attached hydrogens (primary N) is 5. The number of unbranched alkanes of at least 4 members (excludes halogenated alkanes) is 3. The second kappa shape index (κ2) is 34.3. The number of phenols is 1. The fourth-order valence-electron chi connectivity index (χ4n) is 7.70. The highest BCUT2D eigenvalue weighted by molar-refractivity contribution is 7.80. The van der Waals surface area contributed by atoms with Crippen molar-refractivity contribution in [2.24, 2.45) is 28.7 Å². The smallest absolute Gasteiger partial charge is 0.243 e. The molecule has 18 N–H and O–H groups in total. The summed E-state index contributed by atoms with van der Waals surface area (Å²) in [4.78, 5) is 107. The molecule has 398 valence electrons. The van der Waals surface area contributed by atoms with Crippen molar-refractivity contribution in [3.63, 3.8) is 0 Å². The van der Waals surface area contributed by atoms with Crippen LogP contribution in [0.25, 0.3) is 0 Å². The Labute approximate surface area is 421 Å². The average molecular weight is 1020 g/mol.